The molecule has 0 radical (unpaired) electrons. The molecular weight excluding hydrogens is 233 g/mol. The number of nitrogens with two attached hydrogens (primary N) is 1. The number of halogens is 1. The van der Waals surface area contributed by atoms with Crippen molar-refractivity contribution in [2.24, 2.45) is 11.7 Å². The van der Waals surface area contributed by atoms with Crippen molar-refractivity contribution < 1.29 is 9.18 Å². The highest BCUT2D eigenvalue weighted by Gasteiger charge is 2.14. The van der Waals surface area contributed by atoms with Gasteiger partial charge in [-0.15, -0.1) is 0 Å². The van der Waals surface area contributed by atoms with E-state index in [1.54, 1.807) is 6.07 Å². The van der Waals surface area contributed by atoms with E-state index >= 15 is 0 Å². The molecule has 1 saturated heterocycles. The lowest BCUT2D eigenvalue weighted by Crippen LogP contribution is -2.33. The van der Waals surface area contributed by atoms with Crippen LogP contribution in [0.5, 0.6) is 0 Å². The van der Waals surface area contributed by atoms with Crippen LogP contribution < -0.4 is 16.4 Å². The largest absolute Gasteiger partial charge is 0.384 e. The summed E-state index contributed by atoms with van der Waals surface area (Å²) < 4.78 is 13.1. The summed E-state index contributed by atoms with van der Waals surface area (Å²) >= 11 is 0. The Balaban J connectivity index is 2.01. The first kappa shape index (κ1) is 12.8. The third-order valence-electron chi connectivity index (χ3n) is 3.23. The van der Waals surface area contributed by atoms with E-state index in [0.717, 1.165) is 26.1 Å². The van der Waals surface area contributed by atoms with Gasteiger partial charge in [-0.1, -0.05) is 0 Å². The van der Waals surface area contributed by atoms with Gasteiger partial charge in [0.2, 0.25) is 0 Å². The molecule has 1 aliphatic rings. The summed E-state index contributed by atoms with van der Waals surface area (Å²) in [6, 6.07) is 4.06. The predicted molar refractivity (Wildman–Crippen MR) is 69.0 cm³/mol. The van der Waals surface area contributed by atoms with E-state index in [1.165, 1.54) is 18.6 Å². The van der Waals surface area contributed by atoms with E-state index < -0.39 is 11.7 Å². The summed E-state index contributed by atoms with van der Waals surface area (Å²) in [5.41, 5.74) is 6.05. The maximum Gasteiger partial charge on any atom is 0.250 e. The van der Waals surface area contributed by atoms with Crippen LogP contribution in [0, 0.1) is 11.7 Å². The Morgan fingerprint density at radius 2 is 2.39 bits per heavy atom. The maximum atomic E-state index is 13.1. The van der Waals surface area contributed by atoms with Crippen molar-refractivity contribution in [3.05, 3.63) is 29.6 Å². The van der Waals surface area contributed by atoms with Gasteiger partial charge in [-0.2, -0.15) is 0 Å². The van der Waals surface area contributed by atoms with Gasteiger partial charge in [-0.05, 0) is 50.0 Å². The summed E-state index contributed by atoms with van der Waals surface area (Å²) in [5, 5.41) is 6.51. The fraction of sp³-hybridized carbons (Fsp3) is 0.462. The number of benzene rings is 1. The molecule has 1 unspecified atom stereocenters. The first-order valence-electron chi connectivity index (χ1n) is 6.21. The van der Waals surface area contributed by atoms with Crippen molar-refractivity contribution in [3.63, 3.8) is 0 Å². The molecule has 1 aliphatic heterocycles. The first-order valence-corrected chi connectivity index (χ1v) is 6.21. The highest BCUT2D eigenvalue weighted by molar-refractivity contribution is 5.98. The van der Waals surface area contributed by atoms with Crippen LogP contribution in [0.15, 0.2) is 18.2 Å². The number of amides is 1. The molecule has 0 aromatic heterocycles. The van der Waals surface area contributed by atoms with Crippen LogP contribution in [0.3, 0.4) is 0 Å². The smallest absolute Gasteiger partial charge is 0.250 e. The van der Waals surface area contributed by atoms with Crippen LogP contribution in [0.4, 0.5) is 10.1 Å². The minimum absolute atomic E-state index is 0.207. The molecule has 0 bridgehead atoms. The van der Waals surface area contributed by atoms with Crippen molar-refractivity contribution >= 4 is 11.6 Å². The van der Waals surface area contributed by atoms with Gasteiger partial charge in [0.15, 0.2) is 0 Å². The zero-order valence-corrected chi connectivity index (χ0v) is 10.2. The lowest BCUT2D eigenvalue weighted by Gasteiger charge is -2.23. The topological polar surface area (TPSA) is 67.2 Å². The summed E-state index contributed by atoms with van der Waals surface area (Å²) in [6.07, 6.45) is 2.32. The fourth-order valence-corrected chi connectivity index (χ4v) is 2.23. The number of primary amides is 1. The Morgan fingerprint density at radius 3 is 3.06 bits per heavy atom. The third-order valence-corrected chi connectivity index (χ3v) is 3.23. The van der Waals surface area contributed by atoms with Gasteiger partial charge in [-0.3, -0.25) is 4.79 Å². The van der Waals surface area contributed by atoms with Crippen LogP contribution in [0.2, 0.25) is 0 Å². The van der Waals surface area contributed by atoms with Gasteiger partial charge < -0.3 is 16.4 Å². The summed E-state index contributed by atoms with van der Waals surface area (Å²) in [4.78, 5) is 11.2. The van der Waals surface area contributed by atoms with Crippen LogP contribution in [0.1, 0.15) is 23.2 Å². The van der Waals surface area contributed by atoms with Gasteiger partial charge in [0.1, 0.15) is 5.82 Å². The van der Waals surface area contributed by atoms with Crippen molar-refractivity contribution in [3.8, 4) is 0 Å². The molecule has 4 nitrogen and oxygen atoms in total. The average Bonchev–Trinajstić information content (AvgIpc) is 2.38. The van der Waals surface area contributed by atoms with Crippen molar-refractivity contribution in [1.29, 1.82) is 0 Å². The normalized spacial score (nSPS) is 19.5. The minimum atomic E-state index is -0.612. The number of anilines is 1. The zero-order chi connectivity index (χ0) is 13.0. The Bertz CT molecular complexity index is 430. The standard InChI is InChI=1S/C13H18FN3O/c14-10-3-4-12(11(6-10)13(15)18)17-8-9-2-1-5-16-7-9/h3-4,6,9,16-17H,1-2,5,7-8H2,(H2,15,18). The van der Waals surface area contributed by atoms with E-state index in [4.69, 9.17) is 5.73 Å². The number of carbonyl (C=O) groups is 1. The minimum Gasteiger partial charge on any atom is -0.384 e. The molecular formula is C13H18FN3O. The van der Waals surface area contributed by atoms with E-state index in [1.807, 2.05) is 0 Å². The Kier molecular flexibility index (Phi) is 4.15. The van der Waals surface area contributed by atoms with E-state index in [9.17, 15) is 9.18 Å². The quantitative estimate of drug-likeness (QED) is 0.756. The van der Waals surface area contributed by atoms with Crippen LogP contribution in [0.25, 0.3) is 0 Å². The van der Waals surface area contributed by atoms with Crippen LogP contribution >= 0.6 is 0 Å². The number of hydrogen-bond acceptors (Lipinski definition) is 3. The number of carbonyl (C=O) groups excluding carboxylic acids is 1. The van der Waals surface area contributed by atoms with Gasteiger partial charge in [-0.25, -0.2) is 4.39 Å². The molecule has 1 atom stereocenters. The number of piperidine rings is 1. The second-order valence-corrected chi connectivity index (χ2v) is 4.65. The van der Waals surface area contributed by atoms with Crippen LogP contribution in [-0.4, -0.2) is 25.5 Å². The van der Waals surface area contributed by atoms with Gasteiger partial charge in [0, 0.05) is 12.2 Å². The predicted octanol–water partition coefficient (Wildman–Crippen LogP) is 1.34. The van der Waals surface area contributed by atoms with Crippen molar-refractivity contribution in [1.82, 2.24) is 5.32 Å². The summed E-state index contributed by atoms with van der Waals surface area (Å²) in [5.74, 6) is -0.531. The third kappa shape index (κ3) is 3.20. The van der Waals surface area contributed by atoms with Crippen LogP contribution in [-0.2, 0) is 0 Å². The molecule has 1 aromatic rings. The lowest BCUT2D eigenvalue weighted by molar-refractivity contribution is 0.100. The van der Waals surface area contributed by atoms with Gasteiger partial charge in [0.05, 0.1) is 5.56 Å². The molecule has 0 saturated carbocycles. The molecule has 1 heterocycles. The molecule has 1 amide bonds. The fourth-order valence-electron chi connectivity index (χ4n) is 2.23. The monoisotopic (exact) mass is 251 g/mol. The zero-order valence-electron chi connectivity index (χ0n) is 10.2. The second kappa shape index (κ2) is 5.82. The average molecular weight is 251 g/mol. The summed E-state index contributed by atoms with van der Waals surface area (Å²) in [6.45, 7) is 2.80. The maximum absolute atomic E-state index is 13.1. The highest BCUT2D eigenvalue weighted by Crippen LogP contribution is 2.18. The molecule has 2 rings (SSSR count). The number of hydrogen-bond donors (Lipinski definition) is 3. The summed E-state index contributed by atoms with van der Waals surface area (Å²) in [7, 11) is 0. The highest BCUT2D eigenvalue weighted by atomic mass is 19.1. The molecule has 0 spiro atoms. The molecule has 1 aromatic carbocycles. The SMILES string of the molecule is NC(=O)c1cc(F)ccc1NCC1CCCNC1. The second-order valence-electron chi connectivity index (χ2n) is 4.65. The van der Waals surface area contributed by atoms with Crippen molar-refractivity contribution in [2.75, 3.05) is 25.0 Å². The molecule has 1 fully saturated rings. The van der Waals surface area contributed by atoms with E-state index in [-0.39, 0.29) is 5.56 Å². The number of nitrogens with one attached hydrogen (secondary N) is 2. The molecule has 4 N–H and O–H groups in total. The molecule has 0 aliphatic carbocycles. The van der Waals surface area contributed by atoms with Gasteiger partial charge >= 0.3 is 0 Å². The van der Waals surface area contributed by atoms with Crippen molar-refractivity contribution in [2.45, 2.75) is 12.8 Å². The van der Waals surface area contributed by atoms with Gasteiger partial charge in [0.25, 0.3) is 5.91 Å². The Hall–Kier alpha value is -1.62. The number of rotatable bonds is 4. The Labute approximate surface area is 106 Å². The molecule has 18 heavy (non-hydrogen) atoms. The van der Waals surface area contributed by atoms with E-state index in [2.05, 4.69) is 10.6 Å². The molecule has 5 heteroatoms. The molecule has 98 valence electrons. The van der Waals surface area contributed by atoms with E-state index in [0.29, 0.717) is 11.6 Å². The lowest BCUT2D eigenvalue weighted by atomic mass is 9.99. The first-order chi connectivity index (χ1) is 8.66. The Morgan fingerprint density at radius 1 is 1.56 bits per heavy atom.